The number of carbonyl (C=O) groups is 2. The Morgan fingerprint density at radius 2 is 1.78 bits per heavy atom. The average Bonchev–Trinajstić information content (AvgIpc) is 3.06. The predicted molar refractivity (Wildman–Crippen MR) is 125 cm³/mol. The number of amides is 1. The number of nitrogens with zero attached hydrogens (tertiary/aromatic N) is 1. The molecule has 4 rings (SSSR count). The number of aryl methyl sites for hydroxylation is 1. The Bertz CT molecular complexity index is 1220. The van der Waals surface area contributed by atoms with Crippen molar-refractivity contribution in [2.45, 2.75) is 19.9 Å². The van der Waals surface area contributed by atoms with Gasteiger partial charge in [-0.15, -0.1) is 0 Å². The number of aliphatic hydroxyl groups is 1. The maximum atomic E-state index is 13.2. The molecule has 3 aromatic rings. The van der Waals surface area contributed by atoms with E-state index >= 15 is 0 Å². The molecule has 0 saturated carbocycles. The SMILES string of the molecule is CCOc1ccc(Cl)c(/C(O)=C2\C(=O)C(=O)N(c3ccccc3)C2c2cccc(C)c2)c1. The Morgan fingerprint density at radius 1 is 1.03 bits per heavy atom. The standard InChI is InChI=1S/C26H22ClNO4/c1-3-32-19-12-13-21(27)20(15-19)24(29)22-23(17-9-7-8-16(2)14-17)28(26(31)25(22)30)18-10-5-4-6-11-18/h4-15,23,29H,3H2,1-2H3/b24-22+. The van der Waals surface area contributed by atoms with Crippen molar-refractivity contribution in [2.75, 3.05) is 11.5 Å². The summed E-state index contributed by atoms with van der Waals surface area (Å²) in [5.41, 5.74) is 2.47. The third-order valence-corrected chi connectivity index (χ3v) is 5.67. The molecule has 1 atom stereocenters. The van der Waals surface area contributed by atoms with Crippen molar-refractivity contribution in [3.63, 3.8) is 0 Å². The Morgan fingerprint density at radius 3 is 2.47 bits per heavy atom. The topological polar surface area (TPSA) is 66.8 Å². The van der Waals surface area contributed by atoms with Crippen molar-refractivity contribution in [1.29, 1.82) is 0 Å². The molecule has 1 N–H and O–H groups in total. The van der Waals surface area contributed by atoms with Gasteiger partial charge in [0.05, 0.1) is 23.2 Å². The van der Waals surface area contributed by atoms with E-state index in [9.17, 15) is 14.7 Å². The highest BCUT2D eigenvalue weighted by atomic mass is 35.5. The van der Waals surface area contributed by atoms with Crippen LogP contribution in [-0.2, 0) is 9.59 Å². The van der Waals surface area contributed by atoms with Crippen molar-refractivity contribution in [1.82, 2.24) is 0 Å². The van der Waals surface area contributed by atoms with E-state index in [1.165, 1.54) is 4.90 Å². The summed E-state index contributed by atoms with van der Waals surface area (Å²) in [7, 11) is 0. The van der Waals surface area contributed by atoms with Crippen molar-refractivity contribution in [3.8, 4) is 5.75 Å². The molecule has 0 radical (unpaired) electrons. The number of rotatable bonds is 5. The molecule has 5 nitrogen and oxygen atoms in total. The number of halogens is 1. The van der Waals surface area contributed by atoms with Crippen LogP contribution in [0.3, 0.4) is 0 Å². The van der Waals surface area contributed by atoms with E-state index in [4.69, 9.17) is 16.3 Å². The third kappa shape index (κ3) is 3.87. The molecule has 6 heteroatoms. The molecule has 1 aliphatic heterocycles. The van der Waals surface area contributed by atoms with Crippen molar-refractivity contribution < 1.29 is 19.4 Å². The summed E-state index contributed by atoms with van der Waals surface area (Å²) in [6.45, 7) is 4.21. The van der Waals surface area contributed by atoms with Crippen LogP contribution >= 0.6 is 11.6 Å². The maximum absolute atomic E-state index is 13.2. The number of carbonyl (C=O) groups excluding carboxylic acids is 2. The molecule has 1 fully saturated rings. The van der Waals surface area contributed by atoms with E-state index in [0.717, 1.165) is 5.56 Å². The van der Waals surface area contributed by atoms with Gasteiger partial charge in [-0.05, 0) is 49.7 Å². The second kappa shape index (κ2) is 8.89. The highest BCUT2D eigenvalue weighted by Gasteiger charge is 2.47. The fourth-order valence-corrected chi connectivity index (χ4v) is 4.14. The van der Waals surface area contributed by atoms with Gasteiger partial charge in [-0.25, -0.2) is 0 Å². The average molecular weight is 448 g/mol. The monoisotopic (exact) mass is 447 g/mol. The van der Waals surface area contributed by atoms with Gasteiger partial charge >= 0.3 is 0 Å². The number of ether oxygens (including phenoxy) is 1. The van der Waals surface area contributed by atoms with Gasteiger partial charge in [0.25, 0.3) is 11.7 Å². The summed E-state index contributed by atoms with van der Waals surface area (Å²) in [5.74, 6) is -1.31. The highest BCUT2D eigenvalue weighted by molar-refractivity contribution is 6.52. The predicted octanol–water partition coefficient (Wildman–Crippen LogP) is 5.67. The quantitative estimate of drug-likeness (QED) is 0.310. The normalized spacial score (nSPS) is 17.6. The van der Waals surface area contributed by atoms with Gasteiger partial charge in [-0.2, -0.15) is 0 Å². The molecule has 1 unspecified atom stereocenters. The van der Waals surface area contributed by atoms with Crippen LogP contribution in [0.15, 0.2) is 78.4 Å². The zero-order valence-corrected chi connectivity index (χ0v) is 18.5. The molecule has 0 aliphatic carbocycles. The number of ketones is 1. The fraction of sp³-hybridized carbons (Fsp3) is 0.154. The number of aliphatic hydroxyl groups excluding tert-OH is 1. The van der Waals surface area contributed by atoms with E-state index < -0.39 is 17.7 Å². The van der Waals surface area contributed by atoms with Crippen LogP contribution in [0.4, 0.5) is 5.69 Å². The summed E-state index contributed by atoms with van der Waals surface area (Å²) in [5, 5.41) is 11.5. The molecule has 1 heterocycles. The van der Waals surface area contributed by atoms with Crippen LogP contribution in [0.2, 0.25) is 5.02 Å². The Hall–Kier alpha value is -3.57. The lowest BCUT2D eigenvalue weighted by molar-refractivity contribution is -0.132. The minimum atomic E-state index is -0.802. The van der Waals surface area contributed by atoms with Gasteiger partial charge in [0.15, 0.2) is 0 Å². The highest BCUT2D eigenvalue weighted by Crippen LogP contribution is 2.43. The molecule has 0 spiro atoms. The van der Waals surface area contributed by atoms with Gasteiger partial charge < -0.3 is 9.84 Å². The first kappa shape index (κ1) is 21.7. The van der Waals surface area contributed by atoms with Gasteiger partial charge in [0.2, 0.25) is 0 Å². The van der Waals surface area contributed by atoms with Crippen LogP contribution in [0, 0.1) is 6.92 Å². The van der Waals surface area contributed by atoms with Gasteiger partial charge in [0.1, 0.15) is 11.5 Å². The summed E-state index contributed by atoms with van der Waals surface area (Å²) >= 11 is 6.37. The molecular formula is C26H22ClNO4. The fourth-order valence-electron chi connectivity index (χ4n) is 3.93. The summed E-state index contributed by atoms with van der Waals surface area (Å²) in [4.78, 5) is 27.8. The Balaban J connectivity index is 1.96. The Kier molecular flexibility index (Phi) is 6.01. The summed E-state index contributed by atoms with van der Waals surface area (Å²) < 4.78 is 5.53. The summed E-state index contributed by atoms with van der Waals surface area (Å²) in [6.07, 6.45) is 0. The van der Waals surface area contributed by atoms with E-state index in [0.29, 0.717) is 23.6 Å². The molecule has 3 aromatic carbocycles. The van der Waals surface area contributed by atoms with Gasteiger partial charge in [-0.3, -0.25) is 14.5 Å². The molecule has 1 saturated heterocycles. The maximum Gasteiger partial charge on any atom is 0.300 e. The van der Waals surface area contributed by atoms with Crippen LogP contribution in [0.1, 0.15) is 29.7 Å². The largest absolute Gasteiger partial charge is 0.507 e. The molecule has 0 bridgehead atoms. The third-order valence-electron chi connectivity index (χ3n) is 5.34. The number of para-hydroxylation sites is 1. The second-order valence-corrected chi connectivity index (χ2v) is 7.90. The zero-order valence-electron chi connectivity index (χ0n) is 17.7. The zero-order chi connectivity index (χ0) is 22.8. The second-order valence-electron chi connectivity index (χ2n) is 7.49. The van der Waals surface area contributed by atoms with E-state index in [2.05, 4.69) is 0 Å². The van der Waals surface area contributed by atoms with Crippen molar-refractivity contribution in [3.05, 3.63) is 100 Å². The van der Waals surface area contributed by atoms with Gasteiger partial charge in [0, 0.05) is 11.3 Å². The van der Waals surface area contributed by atoms with Crippen LogP contribution < -0.4 is 9.64 Å². The number of hydrogen-bond acceptors (Lipinski definition) is 4. The molecule has 162 valence electrons. The lowest BCUT2D eigenvalue weighted by Crippen LogP contribution is -2.29. The van der Waals surface area contributed by atoms with Crippen LogP contribution in [0.25, 0.3) is 5.76 Å². The molecule has 1 aliphatic rings. The molecule has 32 heavy (non-hydrogen) atoms. The van der Waals surface area contributed by atoms with Crippen molar-refractivity contribution >= 4 is 34.7 Å². The van der Waals surface area contributed by atoms with Crippen LogP contribution in [0.5, 0.6) is 5.75 Å². The molecule has 0 aromatic heterocycles. The van der Waals surface area contributed by atoms with Crippen molar-refractivity contribution in [2.24, 2.45) is 0 Å². The minimum Gasteiger partial charge on any atom is -0.507 e. The number of benzene rings is 3. The number of hydrogen-bond donors (Lipinski definition) is 1. The Labute approximate surface area is 191 Å². The summed E-state index contributed by atoms with van der Waals surface area (Å²) in [6, 6.07) is 20.5. The minimum absolute atomic E-state index is 0.0139. The van der Waals surface area contributed by atoms with E-state index in [1.807, 2.05) is 44.2 Å². The lowest BCUT2D eigenvalue weighted by atomic mass is 9.94. The number of Topliss-reactive ketones (excluding diaryl/α,β-unsaturated/α-hetero) is 1. The lowest BCUT2D eigenvalue weighted by Gasteiger charge is -2.25. The first-order valence-electron chi connectivity index (χ1n) is 10.3. The van der Waals surface area contributed by atoms with E-state index in [1.54, 1.807) is 42.5 Å². The first-order valence-corrected chi connectivity index (χ1v) is 10.7. The smallest absolute Gasteiger partial charge is 0.300 e. The van der Waals surface area contributed by atoms with E-state index in [-0.39, 0.29) is 21.9 Å². The molecule has 1 amide bonds. The molecular weight excluding hydrogens is 426 g/mol. The van der Waals surface area contributed by atoms with Crippen LogP contribution in [-0.4, -0.2) is 23.4 Å². The first-order chi connectivity index (χ1) is 15.4. The number of anilines is 1. The van der Waals surface area contributed by atoms with Gasteiger partial charge in [-0.1, -0.05) is 59.6 Å².